The summed E-state index contributed by atoms with van der Waals surface area (Å²) in [5.74, 6) is 0.549. The molecule has 1 aromatic rings. The number of unbranched alkanes of at least 4 members (excludes halogenated alkanes) is 1. The average molecular weight is 305 g/mol. The molecular formula is C16H23N3O3. The Hall–Kier alpha value is -1.85. The quantitative estimate of drug-likeness (QED) is 0.905. The number of amides is 1. The van der Waals surface area contributed by atoms with E-state index in [4.69, 9.17) is 4.74 Å². The van der Waals surface area contributed by atoms with Crippen molar-refractivity contribution in [3.63, 3.8) is 0 Å². The van der Waals surface area contributed by atoms with Gasteiger partial charge in [0.25, 0.3) is 0 Å². The van der Waals surface area contributed by atoms with Crippen molar-refractivity contribution in [2.75, 3.05) is 0 Å². The van der Waals surface area contributed by atoms with Gasteiger partial charge in [0.1, 0.15) is 6.10 Å². The minimum absolute atomic E-state index is 0.0453. The monoisotopic (exact) mass is 305 g/mol. The number of rotatable bonds is 5. The maximum absolute atomic E-state index is 11.3. The van der Waals surface area contributed by atoms with Gasteiger partial charge in [-0.25, -0.2) is 9.78 Å². The molecule has 0 aliphatic carbocycles. The third-order valence-corrected chi connectivity index (χ3v) is 4.67. The van der Waals surface area contributed by atoms with Crippen molar-refractivity contribution in [2.24, 2.45) is 0 Å². The fourth-order valence-corrected chi connectivity index (χ4v) is 3.60. The molecule has 1 unspecified atom stereocenters. The number of hydrogen-bond acceptors (Lipinski definition) is 4. The SMILES string of the molecule is CCCCc1cnc(OC2C[C@H]3CC[C@@H](C2)N3C(=O)O)cn1. The van der Waals surface area contributed by atoms with E-state index in [0.29, 0.717) is 5.88 Å². The molecule has 3 rings (SSSR count). The Balaban J connectivity index is 1.57. The first-order valence-electron chi connectivity index (χ1n) is 8.16. The molecule has 0 saturated carbocycles. The molecule has 1 N–H and O–H groups in total. The predicted octanol–water partition coefficient (Wildman–Crippen LogP) is 2.87. The molecule has 1 aromatic heterocycles. The Bertz CT molecular complexity index is 506. The van der Waals surface area contributed by atoms with Gasteiger partial charge >= 0.3 is 6.09 Å². The zero-order chi connectivity index (χ0) is 15.5. The van der Waals surface area contributed by atoms with Crippen LogP contribution in [0.3, 0.4) is 0 Å². The van der Waals surface area contributed by atoms with E-state index in [9.17, 15) is 9.90 Å². The van der Waals surface area contributed by atoms with Gasteiger partial charge in [-0.05, 0) is 25.7 Å². The third-order valence-electron chi connectivity index (χ3n) is 4.67. The molecule has 3 atom stereocenters. The van der Waals surface area contributed by atoms with Crippen LogP contribution in [0, 0.1) is 0 Å². The molecule has 120 valence electrons. The first-order valence-corrected chi connectivity index (χ1v) is 8.16. The van der Waals surface area contributed by atoms with E-state index in [1.165, 1.54) is 0 Å². The first kappa shape index (κ1) is 15.1. The van der Waals surface area contributed by atoms with Crippen LogP contribution in [0.4, 0.5) is 4.79 Å². The minimum atomic E-state index is -0.800. The Morgan fingerprint density at radius 3 is 2.59 bits per heavy atom. The third kappa shape index (κ3) is 3.15. The molecular weight excluding hydrogens is 282 g/mol. The second-order valence-electron chi connectivity index (χ2n) is 6.24. The van der Waals surface area contributed by atoms with Gasteiger partial charge in [-0.2, -0.15) is 0 Å². The number of aromatic nitrogens is 2. The molecule has 22 heavy (non-hydrogen) atoms. The van der Waals surface area contributed by atoms with Crippen LogP contribution in [0.2, 0.25) is 0 Å². The minimum Gasteiger partial charge on any atom is -0.473 e. The molecule has 1 amide bonds. The molecule has 2 aliphatic heterocycles. The van der Waals surface area contributed by atoms with Crippen LogP contribution >= 0.6 is 0 Å². The maximum Gasteiger partial charge on any atom is 0.407 e. The van der Waals surface area contributed by atoms with Gasteiger partial charge in [0.05, 0.1) is 18.1 Å². The van der Waals surface area contributed by atoms with Gasteiger partial charge in [0, 0.05) is 24.9 Å². The van der Waals surface area contributed by atoms with Crippen molar-refractivity contribution in [1.82, 2.24) is 14.9 Å². The van der Waals surface area contributed by atoms with Crippen LogP contribution in [0.15, 0.2) is 12.4 Å². The topological polar surface area (TPSA) is 75.5 Å². The van der Waals surface area contributed by atoms with Gasteiger partial charge < -0.3 is 14.7 Å². The summed E-state index contributed by atoms with van der Waals surface area (Å²) in [5, 5.41) is 9.26. The first-order chi connectivity index (χ1) is 10.7. The second kappa shape index (κ2) is 6.50. The zero-order valence-corrected chi connectivity index (χ0v) is 12.9. The maximum atomic E-state index is 11.3. The highest BCUT2D eigenvalue weighted by atomic mass is 16.5. The van der Waals surface area contributed by atoms with Crippen LogP contribution in [0.25, 0.3) is 0 Å². The number of piperidine rings is 1. The highest BCUT2D eigenvalue weighted by Gasteiger charge is 2.44. The summed E-state index contributed by atoms with van der Waals surface area (Å²) in [6.07, 6.45) is 9.32. The molecule has 0 spiro atoms. The van der Waals surface area contributed by atoms with E-state index in [0.717, 1.165) is 50.6 Å². The summed E-state index contributed by atoms with van der Waals surface area (Å²) < 4.78 is 5.93. The number of carboxylic acid groups (broad SMARTS) is 1. The molecule has 6 heteroatoms. The van der Waals surface area contributed by atoms with Crippen LogP contribution in [0.5, 0.6) is 5.88 Å². The lowest BCUT2D eigenvalue weighted by atomic mass is 10.0. The van der Waals surface area contributed by atoms with E-state index < -0.39 is 6.09 Å². The average Bonchev–Trinajstić information content (AvgIpc) is 2.79. The van der Waals surface area contributed by atoms with Gasteiger partial charge in [-0.1, -0.05) is 13.3 Å². The molecule has 2 fully saturated rings. The van der Waals surface area contributed by atoms with Gasteiger partial charge in [-0.15, -0.1) is 0 Å². The van der Waals surface area contributed by atoms with Crippen molar-refractivity contribution in [2.45, 2.75) is 70.1 Å². The Labute approximate surface area is 130 Å². The van der Waals surface area contributed by atoms with Crippen LogP contribution in [0.1, 0.15) is 51.1 Å². The number of aryl methyl sites for hydroxylation is 1. The van der Waals surface area contributed by atoms with Gasteiger partial charge in [0.2, 0.25) is 5.88 Å². The fraction of sp³-hybridized carbons (Fsp3) is 0.688. The van der Waals surface area contributed by atoms with E-state index >= 15 is 0 Å². The van der Waals surface area contributed by atoms with Crippen LogP contribution < -0.4 is 4.74 Å². The molecule has 2 saturated heterocycles. The Morgan fingerprint density at radius 1 is 1.32 bits per heavy atom. The van der Waals surface area contributed by atoms with E-state index in [1.807, 2.05) is 0 Å². The molecule has 0 aromatic carbocycles. The molecule has 2 aliphatic rings. The largest absolute Gasteiger partial charge is 0.473 e. The number of hydrogen-bond donors (Lipinski definition) is 1. The normalized spacial score (nSPS) is 27.0. The van der Waals surface area contributed by atoms with E-state index in [2.05, 4.69) is 16.9 Å². The number of carbonyl (C=O) groups is 1. The highest BCUT2D eigenvalue weighted by Crippen LogP contribution is 2.36. The summed E-state index contributed by atoms with van der Waals surface area (Å²) >= 11 is 0. The Kier molecular flexibility index (Phi) is 4.45. The molecule has 2 bridgehead atoms. The van der Waals surface area contributed by atoms with Crippen molar-refractivity contribution in [1.29, 1.82) is 0 Å². The number of fused-ring (bicyclic) bond motifs is 2. The summed E-state index contributed by atoms with van der Waals surface area (Å²) in [5.41, 5.74) is 0.995. The van der Waals surface area contributed by atoms with E-state index in [-0.39, 0.29) is 18.2 Å². The van der Waals surface area contributed by atoms with Gasteiger partial charge in [-0.3, -0.25) is 4.98 Å². The van der Waals surface area contributed by atoms with Crippen LogP contribution in [-0.4, -0.2) is 44.3 Å². The van der Waals surface area contributed by atoms with Crippen molar-refractivity contribution < 1.29 is 14.6 Å². The summed E-state index contributed by atoms with van der Waals surface area (Å²) in [6.45, 7) is 2.16. The van der Waals surface area contributed by atoms with Crippen LogP contribution in [-0.2, 0) is 6.42 Å². The lowest BCUT2D eigenvalue weighted by Gasteiger charge is -2.36. The van der Waals surface area contributed by atoms with Crippen molar-refractivity contribution in [3.05, 3.63) is 18.1 Å². The highest BCUT2D eigenvalue weighted by molar-refractivity contribution is 5.66. The standard InChI is InChI=1S/C16H23N3O3/c1-2-3-4-11-9-18-15(10-17-11)22-14-7-12-5-6-13(8-14)19(12)16(20)21/h9-10,12-14H,2-8H2,1H3,(H,20,21)/t12-,13+,14?. The zero-order valence-electron chi connectivity index (χ0n) is 12.9. The van der Waals surface area contributed by atoms with Gasteiger partial charge in [0.15, 0.2) is 0 Å². The van der Waals surface area contributed by atoms with Crippen molar-refractivity contribution in [3.8, 4) is 5.88 Å². The smallest absolute Gasteiger partial charge is 0.407 e. The summed E-state index contributed by atoms with van der Waals surface area (Å²) in [6, 6.07) is 0.191. The second-order valence-corrected chi connectivity index (χ2v) is 6.24. The molecule has 6 nitrogen and oxygen atoms in total. The van der Waals surface area contributed by atoms with E-state index in [1.54, 1.807) is 17.3 Å². The summed E-state index contributed by atoms with van der Waals surface area (Å²) in [7, 11) is 0. The lowest BCUT2D eigenvalue weighted by Crippen LogP contribution is -2.48. The lowest BCUT2D eigenvalue weighted by molar-refractivity contribution is 0.0475. The Morgan fingerprint density at radius 2 is 2.05 bits per heavy atom. The van der Waals surface area contributed by atoms with Crippen molar-refractivity contribution >= 4 is 6.09 Å². The predicted molar refractivity (Wildman–Crippen MR) is 81.0 cm³/mol. The molecule has 3 heterocycles. The summed E-state index contributed by atoms with van der Waals surface area (Å²) in [4.78, 5) is 21.6. The molecule has 0 radical (unpaired) electrons. The number of nitrogens with zero attached hydrogens (tertiary/aromatic N) is 3. The number of ether oxygens (including phenoxy) is 1. The fourth-order valence-electron chi connectivity index (χ4n) is 3.60.